The van der Waals surface area contributed by atoms with Crippen molar-refractivity contribution in [3.05, 3.63) is 0 Å². The highest BCUT2D eigenvalue weighted by Crippen LogP contribution is 2.34. The Balaban J connectivity index is 2.96. The largest absolute Gasteiger partial charge is 0.480 e. The van der Waals surface area contributed by atoms with Crippen LogP contribution in [-0.4, -0.2) is 47.8 Å². The Morgan fingerprint density at radius 2 is 2.04 bits per heavy atom. The molecule has 1 saturated carbocycles. The van der Waals surface area contributed by atoms with Crippen molar-refractivity contribution in [2.45, 2.75) is 45.3 Å². The fourth-order valence-corrected chi connectivity index (χ4v) is 2.88. The molecule has 0 saturated heterocycles. The van der Waals surface area contributed by atoms with Gasteiger partial charge in [0, 0.05) is 6.21 Å². The van der Waals surface area contributed by atoms with Crippen LogP contribution in [0.1, 0.15) is 33.1 Å². The molecular weight excluding hydrogens is 329 g/mol. The number of hydrogen-bond donors (Lipinski definition) is 2. The van der Waals surface area contributed by atoms with Gasteiger partial charge >= 0.3 is 18.1 Å². The van der Waals surface area contributed by atoms with E-state index in [1.165, 1.54) is 0 Å². The number of nitrogens with zero attached hydrogens (tertiary/aromatic N) is 1. The van der Waals surface area contributed by atoms with Gasteiger partial charge in [-0.3, -0.25) is 14.6 Å². The molecule has 0 bridgehead atoms. The average molecular weight is 350 g/mol. The lowest BCUT2D eigenvalue weighted by Gasteiger charge is -2.31. The summed E-state index contributed by atoms with van der Waals surface area (Å²) in [5.74, 6) is -4.86. The van der Waals surface area contributed by atoms with E-state index in [-0.39, 0.29) is 43.5 Å². The minimum absolute atomic E-state index is 0.218. The van der Waals surface area contributed by atoms with Gasteiger partial charge in [0.1, 0.15) is 11.6 Å². The number of alkyl halides is 3. The maximum Gasteiger partial charge on any atom is 0.430 e. The Bertz CT molecular complexity index is 519. The minimum Gasteiger partial charge on any atom is -0.480 e. The molecule has 1 fully saturated rings. The fraction of sp³-hybridized carbons (Fsp3) is 0.733. The maximum atomic E-state index is 13.1. The van der Waals surface area contributed by atoms with E-state index >= 15 is 0 Å². The van der Waals surface area contributed by atoms with Crippen LogP contribution < -0.4 is 0 Å². The monoisotopic (exact) mass is 350 g/mol. The lowest BCUT2D eigenvalue weighted by atomic mass is 9.78. The standard InChI is InChI=1S/C15H21F3N2O4/c1-3-24-14(23)10-5-4-9(6-8(10)2)20-12(15(16,17)18)11(7-19)13(21)22/h7-11,19H,3-6H2,1-2H3,(H,21,22). The van der Waals surface area contributed by atoms with Gasteiger partial charge in [0.05, 0.1) is 18.6 Å². The molecule has 2 N–H and O–H groups in total. The van der Waals surface area contributed by atoms with Gasteiger partial charge in [0.25, 0.3) is 0 Å². The second-order valence-corrected chi connectivity index (χ2v) is 5.80. The van der Waals surface area contributed by atoms with Crippen LogP contribution in [0.3, 0.4) is 0 Å². The zero-order valence-electron chi connectivity index (χ0n) is 13.5. The molecule has 0 radical (unpaired) electrons. The van der Waals surface area contributed by atoms with E-state index < -0.39 is 29.8 Å². The number of halogens is 3. The molecule has 0 aromatic heterocycles. The van der Waals surface area contributed by atoms with Crippen molar-refractivity contribution in [1.29, 1.82) is 5.41 Å². The molecule has 0 aromatic rings. The molecule has 0 aliphatic heterocycles. The zero-order valence-corrected chi connectivity index (χ0v) is 13.5. The second-order valence-electron chi connectivity index (χ2n) is 5.80. The van der Waals surface area contributed by atoms with Crippen molar-refractivity contribution in [3.63, 3.8) is 0 Å². The number of hydrogen-bond acceptors (Lipinski definition) is 5. The summed E-state index contributed by atoms with van der Waals surface area (Å²) in [5.41, 5.74) is -1.48. The molecular formula is C15H21F3N2O4. The third-order valence-corrected chi connectivity index (χ3v) is 4.07. The molecule has 4 unspecified atom stereocenters. The molecule has 0 amide bonds. The molecule has 1 rings (SSSR count). The van der Waals surface area contributed by atoms with Gasteiger partial charge in [-0.2, -0.15) is 13.2 Å². The van der Waals surface area contributed by atoms with Gasteiger partial charge in [0.2, 0.25) is 0 Å². The van der Waals surface area contributed by atoms with Crippen molar-refractivity contribution in [3.8, 4) is 0 Å². The van der Waals surface area contributed by atoms with Gasteiger partial charge < -0.3 is 15.3 Å². The SMILES string of the molecule is CCOC(=O)C1CCC(N=C(C(C=N)C(=O)O)C(F)(F)F)CC1C. The molecule has 0 spiro atoms. The Hall–Kier alpha value is -1.93. The number of esters is 1. The minimum atomic E-state index is -4.93. The van der Waals surface area contributed by atoms with Gasteiger partial charge in [-0.25, -0.2) is 0 Å². The Morgan fingerprint density at radius 3 is 2.46 bits per heavy atom. The highest BCUT2D eigenvalue weighted by molar-refractivity contribution is 6.15. The van der Waals surface area contributed by atoms with Crippen LogP contribution in [0.2, 0.25) is 0 Å². The van der Waals surface area contributed by atoms with Crippen molar-refractivity contribution in [2.24, 2.45) is 22.7 Å². The van der Waals surface area contributed by atoms with Crippen LogP contribution in [0.25, 0.3) is 0 Å². The molecule has 1 aliphatic carbocycles. The lowest BCUT2D eigenvalue weighted by Crippen LogP contribution is -2.39. The smallest absolute Gasteiger partial charge is 0.430 e. The van der Waals surface area contributed by atoms with Crippen molar-refractivity contribution >= 4 is 23.9 Å². The number of rotatable bonds is 6. The van der Waals surface area contributed by atoms with E-state index in [1.807, 2.05) is 0 Å². The summed E-state index contributed by atoms with van der Waals surface area (Å²) in [6, 6.07) is -0.732. The van der Waals surface area contributed by atoms with Gasteiger partial charge in [-0.1, -0.05) is 6.92 Å². The number of aliphatic carboxylic acids is 1. The Kier molecular flexibility index (Phi) is 6.92. The van der Waals surface area contributed by atoms with Gasteiger partial charge in [-0.05, 0) is 32.1 Å². The number of carboxylic acid groups (broad SMARTS) is 1. The van der Waals surface area contributed by atoms with E-state index in [2.05, 4.69) is 4.99 Å². The highest BCUT2D eigenvalue weighted by atomic mass is 19.4. The summed E-state index contributed by atoms with van der Waals surface area (Å²) in [6.45, 7) is 3.65. The lowest BCUT2D eigenvalue weighted by molar-refractivity contribution is -0.151. The van der Waals surface area contributed by atoms with Crippen LogP contribution in [0.4, 0.5) is 13.2 Å². The predicted octanol–water partition coefficient (Wildman–Crippen LogP) is 2.71. The maximum absolute atomic E-state index is 13.1. The van der Waals surface area contributed by atoms with Crippen LogP contribution in [-0.2, 0) is 14.3 Å². The molecule has 0 aromatic carbocycles. The number of carbonyl (C=O) groups excluding carboxylic acids is 1. The number of aliphatic imine (C=N–C) groups is 1. The highest BCUT2D eigenvalue weighted by Gasteiger charge is 2.44. The van der Waals surface area contributed by atoms with Crippen molar-refractivity contribution < 1.29 is 32.6 Å². The molecule has 24 heavy (non-hydrogen) atoms. The normalized spacial score (nSPS) is 26.5. The first-order valence-electron chi connectivity index (χ1n) is 7.66. The topological polar surface area (TPSA) is 99.8 Å². The molecule has 136 valence electrons. The van der Waals surface area contributed by atoms with Crippen LogP contribution in [0.5, 0.6) is 0 Å². The van der Waals surface area contributed by atoms with E-state index in [4.69, 9.17) is 15.3 Å². The first-order valence-corrected chi connectivity index (χ1v) is 7.66. The van der Waals surface area contributed by atoms with Crippen LogP contribution in [0, 0.1) is 23.2 Å². The molecule has 6 nitrogen and oxygen atoms in total. The number of ether oxygens (including phenoxy) is 1. The van der Waals surface area contributed by atoms with E-state index in [0.29, 0.717) is 6.42 Å². The fourth-order valence-electron chi connectivity index (χ4n) is 2.88. The molecule has 1 aliphatic rings. The van der Waals surface area contributed by atoms with Crippen LogP contribution >= 0.6 is 0 Å². The third-order valence-electron chi connectivity index (χ3n) is 4.07. The molecule has 9 heteroatoms. The average Bonchev–Trinajstić information content (AvgIpc) is 2.46. The predicted molar refractivity (Wildman–Crippen MR) is 80.3 cm³/mol. The summed E-state index contributed by atoms with van der Waals surface area (Å²) in [6.07, 6.45) is -3.91. The Labute approximate surface area is 137 Å². The summed E-state index contributed by atoms with van der Waals surface area (Å²) in [5, 5.41) is 15.8. The van der Waals surface area contributed by atoms with Crippen molar-refractivity contribution in [1.82, 2.24) is 0 Å². The summed E-state index contributed by atoms with van der Waals surface area (Å²) in [4.78, 5) is 26.3. The zero-order chi connectivity index (χ0) is 18.5. The number of nitrogens with one attached hydrogen (secondary N) is 1. The molecule has 0 heterocycles. The number of carbonyl (C=O) groups is 2. The van der Waals surface area contributed by atoms with Crippen molar-refractivity contribution in [2.75, 3.05) is 6.61 Å². The van der Waals surface area contributed by atoms with E-state index in [1.54, 1.807) is 13.8 Å². The first-order chi connectivity index (χ1) is 11.1. The quantitative estimate of drug-likeness (QED) is 0.568. The summed E-state index contributed by atoms with van der Waals surface area (Å²) in [7, 11) is 0. The second kappa shape index (κ2) is 8.25. The molecule has 4 atom stereocenters. The number of carboxylic acids is 1. The summed E-state index contributed by atoms with van der Waals surface area (Å²) < 4.78 is 44.3. The third kappa shape index (κ3) is 5.04. The van der Waals surface area contributed by atoms with Gasteiger partial charge in [-0.15, -0.1) is 0 Å². The first kappa shape index (κ1) is 20.1. The summed E-state index contributed by atoms with van der Waals surface area (Å²) >= 11 is 0. The van der Waals surface area contributed by atoms with Crippen LogP contribution in [0.15, 0.2) is 4.99 Å². The van der Waals surface area contributed by atoms with Gasteiger partial charge in [0.15, 0.2) is 0 Å². The Morgan fingerprint density at radius 1 is 1.42 bits per heavy atom. The van der Waals surface area contributed by atoms with E-state index in [9.17, 15) is 22.8 Å². The van der Waals surface area contributed by atoms with E-state index in [0.717, 1.165) is 0 Å².